The van der Waals surface area contributed by atoms with E-state index in [0.29, 0.717) is 23.6 Å². The van der Waals surface area contributed by atoms with Gasteiger partial charge in [0, 0.05) is 11.3 Å². The molecular weight excluding hydrogens is 182 g/mol. The van der Waals surface area contributed by atoms with Gasteiger partial charge in [-0.1, -0.05) is 0 Å². The summed E-state index contributed by atoms with van der Waals surface area (Å²) in [5, 5.41) is 12.0. The van der Waals surface area contributed by atoms with Crippen LogP contribution < -0.4 is 10.1 Å². The van der Waals surface area contributed by atoms with Crippen molar-refractivity contribution in [2.75, 3.05) is 11.9 Å². The number of anilines is 1. The SMILES string of the molecule is CCOc1ccc2c(c1)C(O)C(=O)N2. The quantitative estimate of drug-likeness (QED) is 0.738. The van der Waals surface area contributed by atoms with Gasteiger partial charge in [-0.2, -0.15) is 0 Å². The van der Waals surface area contributed by atoms with Gasteiger partial charge in [0.1, 0.15) is 5.75 Å². The number of benzene rings is 1. The number of carbonyl (C=O) groups excluding carboxylic acids is 1. The molecular formula is C10H11NO3. The van der Waals surface area contributed by atoms with Crippen LogP contribution in [0.4, 0.5) is 5.69 Å². The maximum absolute atomic E-state index is 11.1. The topological polar surface area (TPSA) is 58.6 Å². The molecule has 0 aliphatic carbocycles. The summed E-state index contributed by atoms with van der Waals surface area (Å²) in [6, 6.07) is 5.18. The lowest BCUT2D eigenvalue weighted by molar-refractivity contribution is -0.123. The van der Waals surface area contributed by atoms with Gasteiger partial charge in [0.2, 0.25) is 0 Å². The molecule has 74 valence electrons. The van der Waals surface area contributed by atoms with E-state index < -0.39 is 6.10 Å². The summed E-state index contributed by atoms with van der Waals surface area (Å²) in [4.78, 5) is 11.1. The van der Waals surface area contributed by atoms with Gasteiger partial charge in [-0.3, -0.25) is 4.79 Å². The summed E-state index contributed by atoms with van der Waals surface area (Å²) in [6.07, 6.45) is -1.06. The average molecular weight is 193 g/mol. The summed E-state index contributed by atoms with van der Waals surface area (Å²) < 4.78 is 5.26. The van der Waals surface area contributed by atoms with Crippen molar-refractivity contribution in [1.29, 1.82) is 0 Å². The number of rotatable bonds is 2. The minimum Gasteiger partial charge on any atom is -0.494 e. The van der Waals surface area contributed by atoms with Crippen molar-refractivity contribution in [1.82, 2.24) is 0 Å². The molecule has 0 bridgehead atoms. The van der Waals surface area contributed by atoms with Crippen LogP contribution in [-0.4, -0.2) is 17.6 Å². The maximum atomic E-state index is 11.1. The number of amides is 1. The van der Waals surface area contributed by atoms with Crippen molar-refractivity contribution in [2.24, 2.45) is 0 Å². The Kier molecular flexibility index (Phi) is 2.13. The van der Waals surface area contributed by atoms with Gasteiger partial charge in [0.25, 0.3) is 5.91 Å². The minimum absolute atomic E-state index is 0.381. The van der Waals surface area contributed by atoms with Crippen LogP contribution in [-0.2, 0) is 4.79 Å². The molecule has 1 unspecified atom stereocenters. The van der Waals surface area contributed by atoms with E-state index in [1.54, 1.807) is 18.2 Å². The first kappa shape index (κ1) is 9.02. The molecule has 1 atom stereocenters. The van der Waals surface area contributed by atoms with E-state index in [9.17, 15) is 9.90 Å². The zero-order valence-corrected chi connectivity index (χ0v) is 7.78. The Bertz CT molecular complexity index is 376. The monoisotopic (exact) mass is 193 g/mol. The lowest BCUT2D eigenvalue weighted by atomic mass is 10.1. The number of fused-ring (bicyclic) bond motifs is 1. The molecule has 2 N–H and O–H groups in total. The standard InChI is InChI=1S/C10H11NO3/c1-2-14-6-3-4-8-7(5-6)9(12)10(13)11-8/h3-5,9,12H,2H2,1H3,(H,11,13). The normalized spacial score (nSPS) is 19.0. The van der Waals surface area contributed by atoms with E-state index in [2.05, 4.69) is 5.32 Å². The molecule has 14 heavy (non-hydrogen) atoms. The number of aliphatic hydroxyl groups is 1. The van der Waals surface area contributed by atoms with Crippen molar-refractivity contribution in [3.05, 3.63) is 23.8 Å². The fourth-order valence-corrected chi connectivity index (χ4v) is 1.48. The third-order valence-electron chi connectivity index (χ3n) is 2.13. The molecule has 4 nitrogen and oxygen atoms in total. The zero-order valence-electron chi connectivity index (χ0n) is 7.78. The average Bonchev–Trinajstić information content (AvgIpc) is 2.45. The Morgan fingerprint density at radius 3 is 3.07 bits per heavy atom. The zero-order chi connectivity index (χ0) is 10.1. The van der Waals surface area contributed by atoms with Crippen LogP contribution >= 0.6 is 0 Å². The highest BCUT2D eigenvalue weighted by atomic mass is 16.5. The molecule has 0 fully saturated rings. The van der Waals surface area contributed by atoms with Gasteiger partial charge < -0.3 is 15.2 Å². The molecule has 1 aromatic rings. The lowest BCUT2D eigenvalue weighted by Crippen LogP contribution is -2.10. The molecule has 1 aliphatic rings. The molecule has 1 heterocycles. The van der Waals surface area contributed by atoms with Crippen LogP contribution in [0.3, 0.4) is 0 Å². The fourth-order valence-electron chi connectivity index (χ4n) is 1.48. The molecule has 0 saturated carbocycles. The van der Waals surface area contributed by atoms with E-state index in [1.807, 2.05) is 6.92 Å². The summed E-state index contributed by atoms with van der Waals surface area (Å²) in [5.41, 5.74) is 1.24. The van der Waals surface area contributed by atoms with E-state index >= 15 is 0 Å². The number of nitrogens with one attached hydrogen (secondary N) is 1. The highest BCUT2D eigenvalue weighted by Gasteiger charge is 2.28. The third-order valence-corrected chi connectivity index (χ3v) is 2.13. The van der Waals surface area contributed by atoms with E-state index in [0.717, 1.165) is 0 Å². The Labute approximate surface area is 81.5 Å². The molecule has 1 amide bonds. The Morgan fingerprint density at radius 2 is 2.36 bits per heavy atom. The van der Waals surface area contributed by atoms with E-state index in [-0.39, 0.29) is 5.91 Å². The molecule has 0 aromatic heterocycles. The lowest BCUT2D eigenvalue weighted by Gasteiger charge is -2.05. The van der Waals surface area contributed by atoms with Crippen molar-refractivity contribution in [3.63, 3.8) is 0 Å². The highest BCUT2D eigenvalue weighted by Crippen LogP contribution is 2.33. The Morgan fingerprint density at radius 1 is 1.57 bits per heavy atom. The van der Waals surface area contributed by atoms with Crippen LogP contribution in [0.15, 0.2) is 18.2 Å². The molecule has 1 aromatic carbocycles. The smallest absolute Gasteiger partial charge is 0.257 e. The predicted molar refractivity (Wildman–Crippen MR) is 51.2 cm³/mol. The number of aliphatic hydroxyl groups excluding tert-OH is 1. The first-order valence-corrected chi connectivity index (χ1v) is 4.48. The minimum atomic E-state index is -1.06. The first-order chi connectivity index (χ1) is 6.72. The number of carbonyl (C=O) groups is 1. The number of hydrogen-bond donors (Lipinski definition) is 2. The van der Waals surface area contributed by atoms with Gasteiger partial charge in [0.05, 0.1) is 6.61 Å². The van der Waals surface area contributed by atoms with Crippen molar-refractivity contribution in [3.8, 4) is 5.75 Å². The second-order valence-corrected chi connectivity index (χ2v) is 3.07. The Balaban J connectivity index is 2.36. The summed E-state index contributed by atoms with van der Waals surface area (Å²) in [7, 11) is 0. The van der Waals surface area contributed by atoms with Gasteiger partial charge in [0.15, 0.2) is 6.10 Å². The van der Waals surface area contributed by atoms with Crippen LogP contribution in [0.5, 0.6) is 5.75 Å². The molecule has 4 heteroatoms. The van der Waals surface area contributed by atoms with Crippen LogP contribution in [0.25, 0.3) is 0 Å². The predicted octanol–water partition coefficient (Wildman–Crippen LogP) is 1.07. The van der Waals surface area contributed by atoms with Crippen molar-refractivity contribution >= 4 is 11.6 Å². The number of hydrogen-bond acceptors (Lipinski definition) is 3. The maximum Gasteiger partial charge on any atom is 0.257 e. The molecule has 0 radical (unpaired) electrons. The van der Waals surface area contributed by atoms with Gasteiger partial charge >= 0.3 is 0 Å². The first-order valence-electron chi connectivity index (χ1n) is 4.48. The molecule has 2 rings (SSSR count). The second-order valence-electron chi connectivity index (χ2n) is 3.07. The number of ether oxygens (including phenoxy) is 1. The molecule has 1 aliphatic heterocycles. The van der Waals surface area contributed by atoms with E-state index in [1.165, 1.54) is 0 Å². The van der Waals surface area contributed by atoms with Crippen LogP contribution in [0, 0.1) is 0 Å². The summed E-state index contributed by atoms with van der Waals surface area (Å²) in [6.45, 7) is 2.45. The third kappa shape index (κ3) is 1.33. The van der Waals surface area contributed by atoms with E-state index in [4.69, 9.17) is 4.74 Å². The second kappa shape index (κ2) is 3.31. The molecule has 0 saturated heterocycles. The van der Waals surface area contributed by atoms with Gasteiger partial charge in [-0.15, -0.1) is 0 Å². The molecule has 0 spiro atoms. The van der Waals surface area contributed by atoms with Gasteiger partial charge in [-0.25, -0.2) is 0 Å². The largest absolute Gasteiger partial charge is 0.494 e. The van der Waals surface area contributed by atoms with Gasteiger partial charge in [-0.05, 0) is 25.1 Å². The van der Waals surface area contributed by atoms with Crippen molar-refractivity contribution < 1.29 is 14.6 Å². The Hall–Kier alpha value is -1.55. The fraction of sp³-hybridized carbons (Fsp3) is 0.300. The van der Waals surface area contributed by atoms with Crippen LogP contribution in [0.2, 0.25) is 0 Å². The van der Waals surface area contributed by atoms with Crippen molar-refractivity contribution in [2.45, 2.75) is 13.0 Å². The summed E-state index contributed by atoms with van der Waals surface area (Å²) in [5.74, 6) is 0.287. The summed E-state index contributed by atoms with van der Waals surface area (Å²) >= 11 is 0. The highest BCUT2D eigenvalue weighted by molar-refractivity contribution is 6.01. The van der Waals surface area contributed by atoms with Crippen LogP contribution in [0.1, 0.15) is 18.6 Å².